The molecule has 0 unspecified atom stereocenters. The van der Waals surface area contributed by atoms with Crippen molar-refractivity contribution in [1.29, 1.82) is 0 Å². The van der Waals surface area contributed by atoms with Gasteiger partial charge in [-0.1, -0.05) is 6.92 Å². The molecule has 0 saturated carbocycles. The van der Waals surface area contributed by atoms with E-state index in [-0.39, 0.29) is 42.8 Å². The van der Waals surface area contributed by atoms with Crippen LogP contribution in [0.3, 0.4) is 0 Å². The zero-order valence-corrected chi connectivity index (χ0v) is 19.2. The molecular weight excluding hydrogens is 469 g/mol. The summed E-state index contributed by atoms with van der Waals surface area (Å²) < 4.78 is 19.9. The molecule has 7 nitrogen and oxygen atoms in total. The Hall–Kier alpha value is -2.52. The molecule has 0 aliphatic carbocycles. The van der Waals surface area contributed by atoms with Crippen LogP contribution in [0.2, 0.25) is 0 Å². The average molecular weight is 494 g/mol. The highest BCUT2D eigenvalue weighted by Crippen LogP contribution is 2.28. The molecule has 1 aliphatic rings. The van der Waals surface area contributed by atoms with Crippen LogP contribution in [0.25, 0.3) is 0 Å². The Morgan fingerprint density at radius 2 is 2.10 bits per heavy atom. The minimum atomic E-state index is -0.455. The van der Waals surface area contributed by atoms with E-state index in [9.17, 15) is 19.1 Å². The monoisotopic (exact) mass is 493 g/mol. The number of ether oxygens (including phenoxy) is 1. The number of likely N-dealkylation sites (N-methyl/N-ethyl adjacent to an activating group) is 1. The smallest absolute Gasteiger partial charge is 0.259 e. The van der Waals surface area contributed by atoms with Crippen LogP contribution in [-0.2, 0) is 0 Å². The lowest BCUT2D eigenvalue weighted by Crippen LogP contribution is -2.50. The maximum absolute atomic E-state index is 13.2. The van der Waals surface area contributed by atoms with Gasteiger partial charge in [-0.25, -0.2) is 9.37 Å². The summed E-state index contributed by atoms with van der Waals surface area (Å²) in [5.41, 5.74) is 0.662. The van der Waals surface area contributed by atoms with E-state index < -0.39 is 11.9 Å². The average Bonchev–Trinajstić information content (AvgIpc) is 2.76. The molecule has 31 heavy (non-hydrogen) atoms. The van der Waals surface area contributed by atoms with Crippen LogP contribution >= 0.6 is 15.9 Å². The molecule has 0 spiro atoms. The Morgan fingerprint density at radius 3 is 2.74 bits per heavy atom. The lowest BCUT2D eigenvalue weighted by atomic mass is 10.00. The van der Waals surface area contributed by atoms with Gasteiger partial charge in [0.15, 0.2) is 0 Å². The number of carbonyl (C=O) groups is 2. The van der Waals surface area contributed by atoms with Gasteiger partial charge in [-0.05, 0) is 53.2 Å². The predicted octanol–water partition coefficient (Wildman–Crippen LogP) is 2.98. The third-order valence-electron chi connectivity index (χ3n) is 5.38. The van der Waals surface area contributed by atoms with E-state index in [1.807, 2.05) is 6.92 Å². The van der Waals surface area contributed by atoms with Crippen molar-refractivity contribution >= 4 is 27.7 Å². The number of rotatable bonds is 5. The number of hydrogen-bond acceptors (Lipinski definition) is 5. The van der Waals surface area contributed by atoms with Crippen LogP contribution in [0.15, 0.2) is 41.0 Å². The molecule has 9 heteroatoms. The van der Waals surface area contributed by atoms with Crippen molar-refractivity contribution in [2.45, 2.75) is 26.0 Å². The van der Waals surface area contributed by atoms with Gasteiger partial charge in [-0.2, -0.15) is 0 Å². The number of aliphatic hydroxyl groups is 1. The normalized spacial score (nSPS) is 19.7. The second-order valence-electron chi connectivity index (χ2n) is 7.82. The maximum Gasteiger partial charge on any atom is 0.259 e. The topological polar surface area (TPSA) is 83.0 Å². The summed E-state index contributed by atoms with van der Waals surface area (Å²) >= 11 is 3.34. The highest BCUT2D eigenvalue weighted by Gasteiger charge is 2.34. The van der Waals surface area contributed by atoms with E-state index >= 15 is 0 Å². The van der Waals surface area contributed by atoms with Crippen LogP contribution in [-0.4, -0.2) is 70.6 Å². The Labute approximate surface area is 189 Å². The van der Waals surface area contributed by atoms with Gasteiger partial charge in [0.25, 0.3) is 11.8 Å². The fourth-order valence-corrected chi connectivity index (χ4v) is 3.79. The molecule has 2 amide bonds. The highest BCUT2D eigenvalue weighted by molar-refractivity contribution is 9.10. The van der Waals surface area contributed by atoms with Gasteiger partial charge in [0.2, 0.25) is 5.88 Å². The fourth-order valence-electron chi connectivity index (χ4n) is 3.46. The van der Waals surface area contributed by atoms with E-state index in [2.05, 4.69) is 20.9 Å². The molecule has 0 radical (unpaired) electrons. The fraction of sp³-hybridized carbons (Fsp3) is 0.409. The minimum absolute atomic E-state index is 0.153. The molecule has 1 N–H and O–H groups in total. The van der Waals surface area contributed by atoms with Crippen molar-refractivity contribution in [1.82, 2.24) is 14.8 Å². The van der Waals surface area contributed by atoms with E-state index in [4.69, 9.17) is 4.74 Å². The maximum atomic E-state index is 13.2. The molecule has 1 aromatic carbocycles. The molecule has 3 atom stereocenters. The van der Waals surface area contributed by atoms with Gasteiger partial charge in [-0.3, -0.25) is 9.59 Å². The van der Waals surface area contributed by atoms with E-state index in [0.29, 0.717) is 22.1 Å². The number of carbonyl (C=O) groups excluding carboxylic acids is 2. The van der Waals surface area contributed by atoms with Crippen molar-refractivity contribution < 1.29 is 23.8 Å². The molecule has 3 rings (SSSR count). The van der Waals surface area contributed by atoms with Crippen LogP contribution in [0.4, 0.5) is 4.39 Å². The Morgan fingerprint density at radius 1 is 1.42 bits per heavy atom. The second kappa shape index (κ2) is 9.74. The molecule has 2 heterocycles. The lowest BCUT2D eigenvalue weighted by Gasteiger charge is -2.37. The summed E-state index contributed by atoms with van der Waals surface area (Å²) in [4.78, 5) is 33.3. The van der Waals surface area contributed by atoms with E-state index in [1.165, 1.54) is 29.2 Å². The van der Waals surface area contributed by atoms with Crippen LogP contribution in [0.1, 0.15) is 34.6 Å². The van der Waals surface area contributed by atoms with Crippen molar-refractivity contribution in [2.75, 3.05) is 26.7 Å². The largest absolute Gasteiger partial charge is 0.472 e. The molecule has 0 bridgehead atoms. The Kier molecular flexibility index (Phi) is 7.27. The molecule has 1 aliphatic heterocycles. The van der Waals surface area contributed by atoms with Gasteiger partial charge >= 0.3 is 0 Å². The second-order valence-corrected chi connectivity index (χ2v) is 8.74. The molecular formula is C22H25BrFN3O4. The summed E-state index contributed by atoms with van der Waals surface area (Å²) in [7, 11) is 1.65. The number of aliphatic hydroxyl groups excluding tert-OH is 1. The number of fused-ring (bicyclic) bond motifs is 1. The summed E-state index contributed by atoms with van der Waals surface area (Å²) in [6, 6.07) is 6.62. The third-order valence-corrected chi connectivity index (χ3v) is 5.81. The molecule has 1 aromatic heterocycles. The summed E-state index contributed by atoms with van der Waals surface area (Å²) in [6.45, 7) is 4.11. The van der Waals surface area contributed by atoms with Gasteiger partial charge in [-0.15, -0.1) is 0 Å². The van der Waals surface area contributed by atoms with Gasteiger partial charge in [0.1, 0.15) is 17.5 Å². The number of benzene rings is 1. The number of nitrogens with zero attached hydrogens (tertiary/aromatic N) is 3. The summed E-state index contributed by atoms with van der Waals surface area (Å²) in [6.07, 6.45) is 1.09. The zero-order chi connectivity index (χ0) is 22.7. The molecule has 2 aromatic rings. The van der Waals surface area contributed by atoms with Gasteiger partial charge in [0, 0.05) is 35.7 Å². The summed E-state index contributed by atoms with van der Waals surface area (Å²) in [5, 5.41) is 9.66. The van der Waals surface area contributed by atoms with Gasteiger partial charge < -0.3 is 19.6 Å². The molecule has 166 valence electrons. The third kappa shape index (κ3) is 5.22. The van der Waals surface area contributed by atoms with Crippen molar-refractivity contribution in [3.63, 3.8) is 0 Å². The standard InChI is InChI=1S/C22H25BrFN3O4/c1-13-10-27(14(2)12-28)22(30)18-8-16(23)9-25-20(18)31-19(13)11-26(3)21(29)15-4-6-17(24)7-5-15/h4-9,13-14,19,28H,10-12H2,1-3H3/t13-,14-,19-/m1/s1. The van der Waals surface area contributed by atoms with E-state index in [0.717, 1.165) is 0 Å². The van der Waals surface area contributed by atoms with Gasteiger partial charge in [0.05, 0.1) is 19.2 Å². The Balaban J connectivity index is 1.89. The zero-order valence-electron chi connectivity index (χ0n) is 17.6. The van der Waals surface area contributed by atoms with Crippen molar-refractivity contribution in [3.8, 4) is 5.88 Å². The number of pyridine rings is 1. The first-order valence-corrected chi connectivity index (χ1v) is 10.8. The number of hydrogen-bond donors (Lipinski definition) is 1. The lowest BCUT2D eigenvalue weighted by molar-refractivity contribution is 0.0313. The SMILES string of the molecule is C[C@@H]1CN([C@H](C)CO)C(=O)c2cc(Br)cnc2O[C@@H]1CN(C)C(=O)c1ccc(F)cc1. The number of aromatic nitrogens is 1. The van der Waals surface area contributed by atoms with E-state index in [1.54, 1.807) is 31.1 Å². The van der Waals surface area contributed by atoms with Crippen LogP contribution in [0.5, 0.6) is 5.88 Å². The number of amides is 2. The molecule has 0 fully saturated rings. The number of halogens is 2. The minimum Gasteiger partial charge on any atom is -0.472 e. The van der Waals surface area contributed by atoms with Crippen LogP contribution < -0.4 is 4.74 Å². The first-order valence-electron chi connectivity index (χ1n) is 9.96. The quantitative estimate of drug-likeness (QED) is 0.692. The first-order chi connectivity index (χ1) is 14.7. The molecule has 0 saturated heterocycles. The highest BCUT2D eigenvalue weighted by atomic mass is 79.9. The summed E-state index contributed by atoms with van der Waals surface area (Å²) in [5.74, 6) is -0.916. The van der Waals surface area contributed by atoms with Crippen molar-refractivity contribution in [2.24, 2.45) is 5.92 Å². The predicted molar refractivity (Wildman–Crippen MR) is 116 cm³/mol. The Bertz CT molecular complexity index is 956. The van der Waals surface area contributed by atoms with Crippen molar-refractivity contribution in [3.05, 3.63) is 57.9 Å². The first kappa shape index (κ1) is 23.1. The van der Waals surface area contributed by atoms with Crippen LogP contribution in [0, 0.1) is 11.7 Å².